The van der Waals surface area contributed by atoms with Crippen LogP contribution in [0.3, 0.4) is 0 Å². The van der Waals surface area contributed by atoms with Crippen LogP contribution in [0.1, 0.15) is 17.5 Å². The van der Waals surface area contributed by atoms with Crippen LogP contribution in [0.25, 0.3) is 16.7 Å². The van der Waals surface area contributed by atoms with Crippen molar-refractivity contribution in [1.29, 1.82) is 0 Å². The van der Waals surface area contributed by atoms with Gasteiger partial charge in [0.15, 0.2) is 5.65 Å². The molecule has 0 fully saturated rings. The maximum Gasteiger partial charge on any atom is 0.264 e. The molecule has 0 aliphatic heterocycles. The van der Waals surface area contributed by atoms with E-state index < -0.39 is 0 Å². The van der Waals surface area contributed by atoms with Crippen LogP contribution in [0.5, 0.6) is 0 Å². The van der Waals surface area contributed by atoms with E-state index in [2.05, 4.69) is 15.4 Å². The Hall–Kier alpha value is -3.74. The first kappa shape index (κ1) is 18.6. The molecule has 0 unspecified atom stereocenters. The van der Waals surface area contributed by atoms with E-state index in [1.54, 1.807) is 4.68 Å². The van der Waals surface area contributed by atoms with Crippen LogP contribution in [-0.2, 0) is 17.9 Å². The van der Waals surface area contributed by atoms with E-state index in [1.165, 1.54) is 17.1 Å². The first-order chi connectivity index (χ1) is 14.1. The van der Waals surface area contributed by atoms with Gasteiger partial charge in [0.25, 0.3) is 5.56 Å². The summed E-state index contributed by atoms with van der Waals surface area (Å²) in [6.07, 6.45) is 3.20. The second kappa shape index (κ2) is 8.10. The Bertz CT molecular complexity index is 1190. The first-order valence-corrected chi connectivity index (χ1v) is 9.42. The van der Waals surface area contributed by atoms with Crippen molar-refractivity contribution in [2.45, 2.75) is 26.4 Å². The van der Waals surface area contributed by atoms with Crippen LogP contribution in [0.15, 0.2) is 71.9 Å². The van der Waals surface area contributed by atoms with Crippen molar-refractivity contribution in [3.8, 4) is 5.69 Å². The molecule has 0 aliphatic rings. The Kier molecular flexibility index (Phi) is 5.20. The Labute approximate surface area is 167 Å². The summed E-state index contributed by atoms with van der Waals surface area (Å²) in [7, 11) is 0. The van der Waals surface area contributed by atoms with Crippen LogP contribution in [-0.4, -0.2) is 25.2 Å². The SMILES string of the molecule is Cc1ccc(-n2ncc3c(=O)n(CCC(=O)NCc4ccccc4)cnc32)cc1. The van der Waals surface area contributed by atoms with E-state index in [9.17, 15) is 9.59 Å². The number of rotatable bonds is 6. The highest BCUT2D eigenvalue weighted by molar-refractivity contribution is 5.76. The summed E-state index contributed by atoms with van der Waals surface area (Å²) in [6, 6.07) is 17.5. The Balaban J connectivity index is 1.46. The Morgan fingerprint density at radius 3 is 2.59 bits per heavy atom. The molecule has 7 heteroatoms. The van der Waals surface area contributed by atoms with Crippen LogP contribution >= 0.6 is 0 Å². The van der Waals surface area contributed by atoms with Crippen LogP contribution < -0.4 is 10.9 Å². The Morgan fingerprint density at radius 1 is 1.07 bits per heavy atom. The van der Waals surface area contributed by atoms with E-state index in [-0.39, 0.29) is 24.4 Å². The van der Waals surface area contributed by atoms with Crippen LogP contribution in [0, 0.1) is 6.92 Å². The number of carbonyl (C=O) groups excluding carboxylic acids is 1. The van der Waals surface area contributed by atoms with Gasteiger partial charge in [-0.1, -0.05) is 48.0 Å². The van der Waals surface area contributed by atoms with E-state index in [0.717, 1.165) is 16.8 Å². The largest absolute Gasteiger partial charge is 0.352 e. The van der Waals surface area contributed by atoms with Crippen molar-refractivity contribution < 1.29 is 4.79 Å². The second-order valence-corrected chi connectivity index (χ2v) is 6.88. The zero-order chi connectivity index (χ0) is 20.2. The maximum atomic E-state index is 12.8. The van der Waals surface area contributed by atoms with Gasteiger partial charge in [-0.2, -0.15) is 5.10 Å². The van der Waals surface area contributed by atoms with Crippen molar-refractivity contribution in [3.63, 3.8) is 0 Å². The molecule has 0 atom stereocenters. The number of fused-ring (bicyclic) bond motifs is 1. The number of carbonyl (C=O) groups is 1. The molecule has 0 bridgehead atoms. The van der Waals surface area contributed by atoms with Gasteiger partial charge < -0.3 is 5.32 Å². The summed E-state index contributed by atoms with van der Waals surface area (Å²) in [6.45, 7) is 2.74. The molecule has 0 radical (unpaired) electrons. The molecule has 1 amide bonds. The fraction of sp³-hybridized carbons (Fsp3) is 0.182. The van der Waals surface area contributed by atoms with Gasteiger partial charge in [-0.3, -0.25) is 14.2 Å². The molecule has 0 saturated carbocycles. The molecule has 2 aromatic carbocycles. The smallest absolute Gasteiger partial charge is 0.264 e. The molecule has 1 N–H and O–H groups in total. The number of nitrogens with one attached hydrogen (secondary N) is 1. The topological polar surface area (TPSA) is 81.8 Å². The number of amides is 1. The highest BCUT2D eigenvalue weighted by Gasteiger charge is 2.12. The average Bonchev–Trinajstić information content (AvgIpc) is 3.18. The van der Waals surface area contributed by atoms with Gasteiger partial charge in [-0.15, -0.1) is 0 Å². The van der Waals surface area contributed by atoms with Crippen LogP contribution in [0.4, 0.5) is 0 Å². The molecule has 2 heterocycles. The standard InChI is InChI=1S/C22H21N5O2/c1-16-7-9-18(10-8-16)27-21-19(14-25-27)22(29)26(15-24-21)12-11-20(28)23-13-17-5-3-2-4-6-17/h2-10,14-15H,11-13H2,1H3,(H,23,28). The minimum Gasteiger partial charge on any atom is -0.352 e. The number of benzene rings is 2. The first-order valence-electron chi connectivity index (χ1n) is 9.42. The minimum absolute atomic E-state index is 0.115. The normalized spacial score (nSPS) is 10.9. The fourth-order valence-corrected chi connectivity index (χ4v) is 3.09. The number of aromatic nitrogens is 4. The number of hydrogen-bond acceptors (Lipinski definition) is 4. The zero-order valence-corrected chi connectivity index (χ0v) is 16.1. The molecule has 2 aromatic heterocycles. The van der Waals surface area contributed by atoms with Gasteiger partial charge in [0.05, 0.1) is 18.2 Å². The summed E-state index contributed by atoms with van der Waals surface area (Å²) in [5.74, 6) is -0.115. The van der Waals surface area contributed by atoms with Crippen molar-refractivity contribution in [1.82, 2.24) is 24.6 Å². The maximum absolute atomic E-state index is 12.8. The van der Waals surface area contributed by atoms with E-state index >= 15 is 0 Å². The average molecular weight is 387 g/mol. The third-order valence-corrected chi connectivity index (χ3v) is 4.75. The van der Waals surface area contributed by atoms with Gasteiger partial charge in [0.2, 0.25) is 5.91 Å². The molecular weight excluding hydrogens is 366 g/mol. The third-order valence-electron chi connectivity index (χ3n) is 4.75. The molecule has 4 rings (SSSR count). The molecule has 29 heavy (non-hydrogen) atoms. The summed E-state index contributed by atoms with van der Waals surface area (Å²) in [5, 5.41) is 7.61. The quantitative estimate of drug-likeness (QED) is 0.551. The highest BCUT2D eigenvalue weighted by atomic mass is 16.1. The van der Waals surface area contributed by atoms with Gasteiger partial charge >= 0.3 is 0 Å². The summed E-state index contributed by atoms with van der Waals surface area (Å²) >= 11 is 0. The van der Waals surface area contributed by atoms with Crippen molar-refractivity contribution in [2.75, 3.05) is 0 Å². The van der Waals surface area contributed by atoms with Crippen molar-refractivity contribution in [3.05, 3.63) is 88.6 Å². The fourth-order valence-electron chi connectivity index (χ4n) is 3.09. The monoisotopic (exact) mass is 387 g/mol. The lowest BCUT2D eigenvalue weighted by atomic mass is 10.2. The number of nitrogens with zero attached hydrogens (tertiary/aromatic N) is 4. The molecule has 146 valence electrons. The van der Waals surface area contributed by atoms with Gasteiger partial charge in [-0.25, -0.2) is 9.67 Å². The molecular formula is C22H21N5O2. The second-order valence-electron chi connectivity index (χ2n) is 6.88. The van der Waals surface area contributed by atoms with Crippen molar-refractivity contribution in [2.24, 2.45) is 0 Å². The van der Waals surface area contributed by atoms with Gasteiger partial charge in [0.1, 0.15) is 5.39 Å². The zero-order valence-electron chi connectivity index (χ0n) is 16.1. The molecule has 7 nitrogen and oxygen atoms in total. The highest BCUT2D eigenvalue weighted by Crippen LogP contribution is 2.14. The van der Waals surface area contributed by atoms with E-state index in [4.69, 9.17) is 0 Å². The lowest BCUT2D eigenvalue weighted by Crippen LogP contribution is -2.27. The molecule has 0 saturated heterocycles. The predicted octanol–water partition coefficient (Wildman–Crippen LogP) is 2.60. The van der Waals surface area contributed by atoms with E-state index in [1.807, 2.05) is 61.5 Å². The third kappa shape index (κ3) is 4.08. The van der Waals surface area contributed by atoms with Gasteiger partial charge in [0, 0.05) is 19.5 Å². The van der Waals surface area contributed by atoms with Crippen molar-refractivity contribution >= 4 is 16.9 Å². The Morgan fingerprint density at radius 2 is 1.83 bits per heavy atom. The summed E-state index contributed by atoms with van der Waals surface area (Å²) in [4.78, 5) is 29.3. The summed E-state index contributed by atoms with van der Waals surface area (Å²) in [5.41, 5.74) is 3.32. The van der Waals surface area contributed by atoms with Crippen LogP contribution in [0.2, 0.25) is 0 Å². The van der Waals surface area contributed by atoms with Gasteiger partial charge in [-0.05, 0) is 24.6 Å². The van der Waals surface area contributed by atoms with E-state index in [0.29, 0.717) is 17.6 Å². The molecule has 0 spiro atoms. The number of hydrogen-bond donors (Lipinski definition) is 1. The number of aryl methyl sites for hydroxylation is 2. The molecule has 0 aliphatic carbocycles. The minimum atomic E-state index is -0.204. The predicted molar refractivity (Wildman–Crippen MR) is 111 cm³/mol. The lowest BCUT2D eigenvalue weighted by molar-refractivity contribution is -0.121. The summed E-state index contributed by atoms with van der Waals surface area (Å²) < 4.78 is 3.10. The lowest BCUT2D eigenvalue weighted by Gasteiger charge is -2.08. The molecule has 4 aromatic rings.